The molecule has 0 aliphatic carbocycles. The largest absolute Gasteiger partial charge is 0.341 e. The zero-order chi connectivity index (χ0) is 18.1. The lowest BCUT2D eigenvalue weighted by Gasteiger charge is -2.36. The Balaban J connectivity index is 1.53. The number of likely N-dealkylation sites (tertiary alicyclic amines) is 2. The van der Waals surface area contributed by atoms with E-state index in [9.17, 15) is 9.59 Å². The van der Waals surface area contributed by atoms with Crippen LogP contribution in [0.25, 0.3) is 10.9 Å². The predicted octanol–water partition coefficient (Wildman–Crippen LogP) is 2.11. The number of benzene rings is 1. The molecule has 2 unspecified atom stereocenters. The zero-order valence-corrected chi connectivity index (χ0v) is 15.3. The minimum absolute atomic E-state index is 0.0557. The average molecular weight is 354 g/mol. The summed E-state index contributed by atoms with van der Waals surface area (Å²) >= 11 is 0. The van der Waals surface area contributed by atoms with Crippen molar-refractivity contribution in [2.45, 2.75) is 44.6 Å². The fraction of sp³-hybridized carbons (Fsp3) is 0.550. The number of amides is 1. The van der Waals surface area contributed by atoms with Crippen LogP contribution in [0.1, 0.15) is 44.3 Å². The van der Waals surface area contributed by atoms with Crippen molar-refractivity contribution in [2.24, 2.45) is 0 Å². The van der Waals surface area contributed by atoms with Gasteiger partial charge in [0.05, 0.1) is 16.9 Å². The number of para-hydroxylation sites is 1. The molecule has 0 radical (unpaired) electrons. The third-order valence-electron chi connectivity index (χ3n) is 5.80. The molecule has 1 aromatic carbocycles. The van der Waals surface area contributed by atoms with E-state index in [0.29, 0.717) is 17.8 Å². The maximum absolute atomic E-state index is 12.9. The summed E-state index contributed by atoms with van der Waals surface area (Å²) in [5.74, 6) is 1.01. The highest BCUT2D eigenvalue weighted by atomic mass is 16.2. The number of fused-ring (bicyclic) bond motifs is 1. The topological polar surface area (TPSA) is 69.3 Å². The Labute approximate surface area is 153 Å². The summed E-state index contributed by atoms with van der Waals surface area (Å²) in [4.78, 5) is 37.2. The molecule has 2 aromatic rings. The Hall–Kier alpha value is -2.21. The number of rotatable bonds is 3. The van der Waals surface area contributed by atoms with Crippen LogP contribution in [-0.2, 0) is 4.79 Å². The van der Waals surface area contributed by atoms with Gasteiger partial charge in [-0.05, 0) is 57.8 Å². The molecule has 0 spiro atoms. The van der Waals surface area contributed by atoms with E-state index >= 15 is 0 Å². The van der Waals surface area contributed by atoms with Gasteiger partial charge in [0.1, 0.15) is 5.82 Å². The van der Waals surface area contributed by atoms with Crippen LogP contribution in [0.2, 0.25) is 0 Å². The van der Waals surface area contributed by atoms with Gasteiger partial charge in [0.15, 0.2) is 0 Å². The van der Waals surface area contributed by atoms with E-state index in [-0.39, 0.29) is 23.4 Å². The molecule has 6 heteroatoms. The Kier molecular flexibility index (Phi) is 4.76. The van der Waals surface area contributed by atoms with Gasteiger partial charge in [0, 0.05) is 19.0 Å². The summed E-state index contributed by atoms with van der Waals surface area (Å²) in [7, 11) is 0. The zero-order valence-electron chi connectivity index (χ0n) is 15.3. The van der Waals surface area contributed by atoms with Crippen molar-refractivity contribution in [1.82, 2.24) is 19.8 Å². The summed E-state index contributed by atoms with van der Waals surface area (Å²) in [6.45, 7) is 5.49. The van der Waals surface area contributed by atoms with Gasteiger partial charge in [-0.3, -0.25) is 14.5 Å². The molecule has 2 saturated heterocycles. The molecular formula is C20H26N4O2. The molecule has 1 amide bonds. The molecule has 0 saturated carbocycles. The number of nitrogens with one attached hydrogen (secondary N) is 1. The third kappa shape index (κ3) is 3.26. The number of hydrogen-bond donors (Lipinski definition) is 1. The summed E-state index contributed by atoms with van der Waals surface area (Å²) in [6.07, 6.45) is 4.26. The molecule has 0 bridgehead atoms. The molecule has 138 valence electrons. The van der Waals surface area contributed by atoms with Crippen LogP contribution in [0, 0.1) is 0 Å². The van der Waals surface area contributed by atoms with Crippen LogP contribution >= 0.6 is 0 Å². The van der Waals surface area contributed by atoms with Gasteiger partial charge < -0.3 is 9.88 Å². The second-order valence-corrected chi connectivity index (χ2v) is 7.51. The lowest BCUT2D eigenvalue weighted by Crippen LogP contribution is -2.49. The van der Waals surface area contributed by atoms with Crippen LogP contribution in [0.5, 0.6) is 0 Å². The standard InChI is InChI=1S/C20H26N4O2/c1-14(23-10-4-5-11-23)20(26)24-12-6-7-15(13-24)18-21-17-9-3-2-8-16(17)19(25)22-18/h2-3,8-9,14-15H,4-7,10-13H2,1H3,(H,21,22,25). The quantitative estimate of drug-likeness (QED) is 0.917. The molecule has 1 N–H and O–H groups in total. The Morgan fingerprint density at radius 1 is 1.19 bits per heavy atom. The number of nitrogens with zero attached hydrogens (tertiary/aromatic N) is 3. The normalized spacial score (nSPS) is 22.7. The van der Waals surface area contributed by atoms with Crippen LogP contribution < -0.4 is 5.56 Å². The Bertz CT molecular complexity index is 856. The lowest BCUT2D eigenvalue weighted by molar-refractivity contribution is -0.137. The van der Waals surface area contributed by atoms with Crippen molar-refractivity contribution >= 4 is 16.8 Å². The van der Waals surface area contributed by atoms with Crippen molar-refractivity contribution < 1.29 is 4.79 Å². The van der Waals surface area contributed by atoms with E-state index in [1.54, 1.807) is 6.07 Å². The first-order valence-corrected chi connectivity index (χ1v) is 9.65. The number of carbonyl (C=O) groups is 1. The van der Waals surface area contributed by atoms with Crippen LogP contribution in [0.15, 0.2) is 29.1 Å². The van der Waals surface area contributed by atoms with E-state index in [1.807, 2.05) is 30.0 Å². The summed E-state index contributed by atoms with van der Waals surface area (Å²) in [5.41, 5.74) is 0.625. The van der Waals surface area contributed by atoms with Crippen molar-refractivity contribution in [3.05, 3.63) is 40.4 Å². The first-order chi connectivity index (χ1) is 12.6. The number of aromatic amines is 1. The van der Waals surface area contributed by atoms with Gasteiger partial charge in [-0.15, -0.1) is 0 Å². The molecule has 4 rings (SSSR count). The van der Waals surface area contributed by atoms with Gasteiger partial charge in [-0.25, -0.2) is 4.98 Å². The fourth-order valence-corrected chi connectivity index (χ4v) is 4.25. The molecular weight excluding hydrogens is 328 g/mol. The maximum Gasteiger partial charge on any atom is 0.258 e. The van der Waals surface area contributed by atoms with Crippen molar-refractivity contribution in [3.63, 3.8) is 0 Å². The van der Waals surface area contributed by atoms with E-state index in [2.05, 4.69) is 14.9 Å². The van der Waals surface area contributed by atoms with Crippen molar-refractivity contribution in [1.29, 1.82) is 0 Å². The first-order valence-electron chi connectivity index (χ1n) is 9.65. The van der Waals surface area contributed by atoms with E-state index < -0.39 is 0 Å². The van der Waals surface area contributed by atoms with Crippen molar-refractivity contribution in [3.8, 4) is 0 Å². The Morgan fingerprint density at radius 2 is 1.96 bits per heavy atom. The molecule has 26 heavy (non-hydrogen) atoms. The van der Waals surface area contributed by atoms with Crippen molar-refractivity contribution in [2.75, 3.05) is 26.2 Å². The summed E-state index contributed by atoms with van der Waals surface area (Å²) < 4.78 is 0. The SMILES string of the molecule is CC(C(=O)N1CCCC(c2nc3ccccc3c(=O)[nH]2)C1)N1CCCC1. The number of carbonyl (C=O) groups excluding carboxylic acids is 1. The van der Waals surface area contributed by atoms with Gasteiger partial charge >= 0.3 is 0 Å². The highest BCUT2D eigenvalue weighted by molar-refractivity contribution is 5.81. The second kappa shape index (κ2) is 7.19. The Morgan fingerprint density at radius 3 is 2.77 bits per heavy atom. The van der Waals surface area contributed by atoms with Gasteiger partial charge in [-0.2, -0.15) is 0 Å². The molecule has 1 aromatic heterocycles. The molecule has 6 nitrogen and oxygen atoms in total. The first kappa shape index (κ1) is 17.2. The van der Waals surface area contributed by atoms with Crippen LogP contribution in [0.3, 0.4) is 0 Å². The highest BCUT2D eigenvalue weighted by Gasteiger charge is 2.32. The van der Waals surface area contributed by atoms with E-state index in [0.717, 1.165) is 38.0 Å². The van der Waals surface area contributed by atoms with Gasteiger partial charge in [-0.1, -0.05) is 12.1 Å². The van der Waals surface area contributed by atoms with E-state index in [1.165, 1.54) is 12.8 Å². The summed E-state index contributed by atoms with van der Waals surface area (Å²) in [6, 6.07) is 7.35. The second-order valence-electron chi connectivity index (χ2n) is 7.51. The third-order valence-corrected chi connectivity index (χ3v) is 5.80. The van der Waals surface area contributed by atoms with Crippen LogP contribution in [0.4, 0.5) is 0 Å². The lowest BCUT2D eigenvalue weighted by atomic mass is 9.96. The van der Waals surface area contributed by atoms with Gasteiger partial charge in [0.25, 0.3) is 5.56 Å². The minimum Gasteiger partial charge on any atom is -0.341 e. The monoisotopic (exact) mass is 354 g/mol. The number of H-pyrrole nitrogens is 1. The summed E-state index contributed by atoms with van der Waals surface area (Å²) in [5, 5.41) is 0.614. The molecule has 2 aliphatic heterocycles. The fourth-order valence-electron chi connectivity index (χ4n) is 4.25. The van der Waals surface area contributed by atoms with E-state index in [4.69, 9.17) is 0 Å². The molecule has 2 aliphatic rings. The maximum atomic E-state index is 12.9. The van der Waals surface area contributed by atoms with Gasteiger partial charge in [0.2, 0.25) is 5.91 Å². The number of piperidine rings is 1. The number of aromatic nitrogens is 2. The average Bonchev–Trinajstić information content (AvgIpc) is 3.22. The smallest absolute Gasteiger partial charge is 0.258 e. The minimum atomic E-state index is -0.0977. The molecule has 2 fully saturated rings. The predicted molar refractivity (Wildman–Crippen MR) is 101 cm³/mol. The van der Waals surface area contributed by atoms with Crippen LogP contribution in [-0.4, -0.2) is 57.9 Å². The number of hydrogen-bond acceptors (Lipinski definition) is 4. The highest BCUT2D eigenvalue weighted by Crippen LogP contribution is 2.26. The molecule has 2 atom stereocenters. The molecule has 3 heterocycles.